The molecule has 1 fully saturated rings. The van der Waals surface area contributed by atoms with E-state index in [1.807, 2.05) is 37.3 Å². The van der Waals surface area contributed by atoms with Gasteiger partial charge in [0, 0.05) is 43.8 Å². The third-order valence-electron chi connectivity index (χ3n) is 7.02. The molecule has 8 nitrogen and oxygen atoms in total. The molecule has 0 spiro atoms. The first-order valence-corrected chi connectivity index (χ1v) is 14.5. The normalized spacial score (nSPS) is 14.6. The van der Waals surface area contributed by atoms with Gasteiger partial charge in [0.1, 0.15) is 10.6 Å². The number of fused-ring (bicyclic) bond motifs is 1. The Balaban J connectivity index is 0.00000370. The van der Waals surface area contributed by atoms with Crippen LogP contribution in [-0.4, -0.2) is 68.6 Å². The molecular formula is C30H34ClN3O5S. The van der Waals surface area contributed by atoms with Crippen molar-refractivity contribution < 1.29 is 22.1 Å². The van der Waals surface area contributed by atoms with E-state index in [4.69, 9.17) is 8.92 Å². The molecule has 2 heterocycles. The lowest BCUT2D eigenvalue weighted by Crippen LogP contribution is -2.44. The highest BCUT2D eigenvalue weighted by atomic mass is 35.5. The molecule has 0 N–H and O–H groups in total. The van der Waals surface area contributed by atoms with Crippen LogP contribution in [0.4, 0.5) is 0 Å². The van der Waals surface area contributed by atoms with Crippen LogP contribution in [0, 0.1) is 6.92 Å². The third kappa shape index (κ3) is 6.18. The average molecular weight is 584 g/mol. The second-order valence-electron chi connectivity index (χ2n) is 9.82. The van der Waals surface area contributed by atoms with Crippen molar-refractivity contribution in [2.24, 2.45) is 0 Å². The number of hydrogen-bond donors (Lipinski definition) is 0. The van der Waals surface area contributed by atoms with Crippen LogP contribution < -0.4 is 4.18 Å². The van der Waals surface area contributed by atoms with Gasteiger partial charge in [-0.1, -0.05) is 35.9 Å². The maximum Gasteiger partial charge on any atom is 0.340 e. The zero-order valence-electron chi connectivity index (χ0n) is 22.9. The van der Waals surface area contributed by atoms with E-state index in [2.05, 4.69) is 21.4 Å². The molecule has 0 aliphatic carbocycles. The Bertz CT molecular complexity index is 1580. The van der Waals surface area contributed by atoms with Gasteiger partial charge in [0.25, 0.3) is 0 Å². The monoisotopic (exact) mass is 583 g/mol. The fraction of sp³-hybridized carbons (Fsp3) is 0.300. The number of rotatable bonds is 8. The number of hydrogen-bond acceptors (Lipinski definition) is 7. The largest absolute Gasteiger partial charge is 0.462 e. The quantitative estimate of drug-likeness (QED) is 0.212. The highest BCUT2D eigenvalue weighted by Gasteiger charge is 2.28. The number of ether oxygens (including phenoxy) is 1. The van der Waals surface area contributed by atoms with Gasteiger partial charge in [-0.05, 0) is 63.4 Å². The molecule has 1 aliphatic heterocycles. The molecule has 0 saturated carbocycles. The lowest BCUT2D eigenvalue weighted by atomic mass is 10.1. The van der Waals surface area contributed by atoms with Crippen molar-refractivity contribution in [1.29, 1.82) is 0 Å². The first-order valence-electron chi connectivity index (χ1n) is 13.1. The molecule has 1 saturated heterocycles. The minimum Gasteiger partial charge on any atom is -0.462 e. The Labute approximate surface area is 241 Å². The van der Waals surface area contributed by atoms with Gasteiger partial charge in [-0.15, -0.1) is 12.4 Å². The molecule has 40 heavy (non-hydrogen) atoms. The van der Waals surface area contributed by atoms with Gasteiger partial charge in [0.05, 0.1) is 23.4 Å². The highest BCUT2D eigenvalue weighted by molar-refractivity contribution is 7.87. The Hall–Kier alpha value is -3.37. The lowest BCUT2D eigenvalue weighted by Gasteiger charge is -2.32. The number of piperazine rings is 1. The van der Waals surface area contributed by atoms with E-state index in [9.17, 15) is 13.2 Å². The molecule has 212 valence electrons. The predicted octanol–water partition coefficient (Wildman–Crippen LogP) is 5.05. The molecule has 5 rings (SSSR count). The summed E-state index contributed by atoms with van der Waals surface area (Å²) in [5.74, 6) is -0.315. The molecule has 0 atom stereocenters. The van der Waals surface area contributed by atoms with Crippen LogP contribution in [0.5, 0.6) is 5.75 Å². The second-order valence-corrected chi connectivity index (χ2v) is 11.4. The number of aryl methyl sites for hydroxylation is 1. The van der Waals surface area contributed by atoms with Crippen molar-refractivity contribution in [3.8, 4) is 11.4 Å². The Kier molecular flexibility index (Phi) is 9.20. The van der Waals surface area contributed by atoms with Crippen molar-refractivity contribution in [2.75, 3.05) is 39.8 Å². The number of esters is 1. The summed E-state index contributed by atoms with van der Waals surface area (Å²) in [5, 5.41) is 0.582. The topological polar surface area (TPSA) is 81.1 Å². The van der Waals surface area contributed by atoms with Gasteiger partial charge in [-0.3, -0.25) is 4.90 Å². The van der Waals surface area contributed by atoms with Crippen molar-refractivity contribution in [1.82, 2.24) is 14.4 Å². The maximum absolute atomic E-state index is 13.4. The number of nitrogens with zero attached hydrogens (tertiary/aromatic N) is 3. The summed E-state index contributed by atoms with van der Waals surface area (Å²) in [5.41, 5.74) is 3.85. The first-order chi connectivity index (χ1) is 18.8. The van der Waals surface area contributed by atoms with Crippen molar-refractivity contribution in [3.63, 3.8) is 0 Å². The number of para-hydroxylation sites is 1. The molecule has 0 bridgehead atoms. The molecule has 4 aromatic rings. The smallest absolute Gasteiger partial charge is 0.340 e. The summed E-state index contributed by atoms with van der Waals surface area (Å²) in [6.07, 6.45) is 0. The number of halogens is 1. The molecular weight excluding hydrogens is 550 g/mol. The molecule has 10 heteroatoms. The van der Waals surface area contributed by atoms with Crippen molar-refractivity contribution in [3.05, 3.63) is 89.6 Å². The van der Waals surface area contributed by atoms with Gasteiger partial charge < -0.3 is 18.4 Å². The zero-order valence-corrected chi connectivity index (χ0v) is 24.5. The predicted molar refractivity (Wildman–Crippen MR) is 158 cm³/mol. The van der Waals surface area contributed by atoms with Crippen molar-refractivity contribution in [2.45, 2.75) is 25.3 Å². The number of aromatic nitrogens is 1. The van der Waals surface area contributed by atoms with Crippen molar-refractivity contribution >= 4 is 39.4 Å². The van der Waals surface area contributed by atoms with E-state index < -0.39 is 16.1 Å². The number of carbonyl (C=O) groups excluding carboxylic acids is 1. The molecule has 0 radical (unpaired) electrons. The molecule has 0 unspecified atom stereocenters. The number of carbonyl (C=O) groups is 1. The fourth-order valence-electron chi connectivity index (χ4n) is 4.93. The van der Waals surface area contributed by atoms with E-state index in [0.717, 1.165) is 48.6 Å². The summed E-state index contributed by atoms with van der Waals surface area (Å²) in [7, 11) is -1.96. The van der Waals surface area contributed by atoms with Crippen LogP contribution >= 0.6 is 12.4 Å². The Morgan fingerprint density at radius 2 is 1.60 bits per heavy atom. The summed E-state index contributed by atoms with van der Waals surface area (Å²) < 4.78 is 39.2. The van der Waals surface area contributed by atoms with Gasteiger partial charge >= 0.3 is 16.1 Å². The van der Waals surface area contributed by atoms with E-state index in [-0.39, 0.29) is 29.7 Å². The SMILES string of the molecule is CCOC(=O)c1c(CN2CCN(C)CC2)n(-c2ccccc2)c2ccc(OS(=O)(=O)c3ccc(C)cc3)cc12.Cl. The van der Waals surface area contributed by atoms with E-state index in [0.29, 0.717) is 17.5 Å². The van der Waals surface area contributed by atoms with E-state index >= 15 is 0 Å². The maximum atomic E-state index is 13.4. The van der Waals surface area contributed by atoms with E-state index in [1.54, 1.807) is 37.3 Å². The Morgan fingerprint density at radius 1 is 0.925 bits per heavy atom. The summed E-state index contributed by atoms with van der Waals surface area (Å²) >= 11 is 0. The van der Waals surface area contributed by atoms with Crippen LogP contribution in [0.25, 0.3) is 16.6 Å². The standard InChI is InChI=1S/C30H33N3O5S.ClH/c1-4-37-30(34)29-26-20-24(38-39(35,36)25-13-10-22(2)11-14-25)12-15-27(26)33(23-8-6-5-7-9-23)28(29)21-32-18-16-31(3)17-19-32;/h5-15,20H,4,16-19,21H2,1-3H3;1H. The molecule has 0 amide bonds. The van der Waals surface area contributed by atoms with Crippen LogP contribution in [-0.2, 0) is 21.4 Å². The number of benzene rings is 3. The molecule has 1 aromatic heterocycles. The highest BCUT2D eigenvalue weighted by Crippen LogP contribution is 2.35. The first kappa shape index (κ1) is 29.6. The van der Waals surface area contributed by atoms with Crippen LogP contribution in [0.2, 0.25) is 0 Å². The minimum atomic E-state index is -4.06. The third-order valence-corrected chi connectivity index (χ3v) is 8.28. The van der Waals surface area contributed by atoms with Gasteiger partial charge in [0.2, 0.25) is 0 Å². The Morgan fingerprint density at radius 3 is 2.25 bits per heavy atom. The number of likely N-dealkylation sites (N-methyl/N-ethyl adjacent to an activating group) is 1. The van der Waals surface area contributed by atoms with Gasteiger partial charge in [-0.2, -0.15) is 8.42 Å². The van der Waals surface area contributed by atoms with Gasteiger partial charge in [0.15, 0.2) is 0 Å². The average Bonchev–Trinajstić information content (AvgIpc) is 3.23. The van der Waals surface area contributed by atoms with Crippen LogP contribution in [0.1, 0.15) is 28.5 Å². The fourth-order valence-corrected chi connectivity index (χ4v) is 5.85. The summed E-state index contributed by atoms with van der Waals surface area (Å²) in [6, 6.07) is 21.4. The van der Waals surface area contributed by atoms with Crippen LogP contribution in [0.3, 0.4) is 0 Å². The minimum absolute atomic E-state index is 0. The van der Waals surface area contributed by atoms with E-state index in [1.165, 1.54) is 12.1 Å². The summed E-state index contributed by atoms with van der Waals surface area (Å²) in [6.45, 7) is 8.06. The van der Waals surface area contributed by atoms with Gasteiger partial charge in [-0.25, -0.2) is 4.79 Å². The van der Waals surface area contributed by atoms with Crippen LogP contribution in [0.15, 0.2) is 77.7 Å². The molecule has 1 aliphatic rings. The second kappa shape index (κ2) is 12.4. The summed E-state index contributed by atoms with van der Waals surface area (Å²) in [4.78, 5) is 18.1. The zero-order chi connectivity index (χ0) is 27.6. The lowest BCUT2D eigenvalue weighted by molar-refractivity contribution is 0.0525. The molecule has 3 aromatic carbocycles.